The monoisotopic (exact) mass is 326 g/mol. The van der Waals surface area contributed by atoms with Gasteiger partial charge in [-0.15, -0.1) is 0 Å². The minimum Gasteiger partial charge on any atom is -0.383 e. The van der Waals surface area contributed by atoms with Gasteiger partial charge in [-0.25, -0.2) is 0 Å². The van der Waals surface area contributed by atoms with Crippen molar-refractivity contribution < 1.29 is 0 Å². The minimum absolute atomic E-state index is 0.495. The second kappa shape index (κ2) is 5.77. The number of hydrogen-bond acceptors (Lipinski definition) is 6. The largest absolute Gasteiger partial charge is 0.383 e. The van der Waals surface area contributed by atoms with Crippen LogP contribution in [0.5, 0.6) is 0 Å². The molecule has 1 aliphatic rings. The van der Waals surface area contributed by atoms with Gasteiger partial charge >= 0.3 is 0 Å². The fourth-order valence-electron chi connectivity index (χ4n) is 3.35. The van der Waals surface area contributed by atoms with Crippen LogP contribution < -0.4 is 10.6 Å². The zero-order chi connectivity index (χ0) is 16.7. The Kier molecular flexibility index (Phi) is 3.59. The zero-order valence-corrected chi connectivity index (χ0v) is 14.1. The van der Waals surface area contributed by atoms with Crippen LogP contribution in [-0.4, -0.2) is 42.6 Å². The molecular weight excluding hydrogens is 304 g/mol. The highest BCUT2D eigenvalue weighted by molar-refractivity contribution is 5.86. The first kappa shape index (κ1) is 14.9. The van der Waals surface area contributed by atoms with Gasteiger partial charge in [0.25, 0.3) is 0 Å². The molecule has 0 atom stereocenters. The lowest BCUT2D eigenvalue weighted by atomic mass is 9.92. The zero-order valence-electron chi connectivity index (χ0n) is 14.1. The third kappa shape index (κ3) is 2.47. The molecule has 0 unspecified atom stereocenters. The molecular formula is C16H22N8. The molecule has 8 heteroatoms. The number of piperidine rings is 1. The van der Waals surface area contributed by atoms with E-state index in [1.807, 2.05) is 17.9 Å². The number of fused-ring (bicyclic) bond motifs is 1. The number of aromatic nitrogens is 6. The van der Waals surface area contributed by atoms with Crippen LogP contribution >= 0.6 is 0 Å². The summed E-state index contributed by atoms with van der Waals surface area (Å²) in [7, 11) is 1.87. The Morgan fingerprint density at radius 2 is 1.96 bits per heavy atom. The van der Waals surface area contributed by atoms with Gasteiger partial charge in [-0.2, -0.15) is 20.2 Å². The molecule has 1 fully saturated rings. The Hall–Kier alpha value is -2.64. The average molecular weight is 326 g/mol. The van der Waals surface area contributed by atoms with Gasteiger partial charge in [0.05, 0.1) is 17.8 Å². The van der Waals surface area contributed by atoms with Crippen molar-refractivity contribution in [2.75, 3.05) is 23.7 Å². The van der Waals surface area contributed by atoms with E-state index in [1.165, 1.54) is 5.56 Å². The van der Waals surface area contributed by atoms with E-state index in [1.54, 1.807) is 10.9 Å². The maximum Gasteiger partial charge on any atom is 0.229 e. The van der Waals surface area contributed by atoms with Crippen molar-refractivity contribution in [1.82, 2.24) is 29.5 Å². The molecule has 4 heterocycles. The highest BCUT2D eigenvalue weighted by Crippen LogP contribution is 2.30. The lowest BCUT2D eigenvalue weighted by molar-refractivity contribution is 0.499. The second-order valence-corrected chi connectivity index (χ2v) is 6.30. The summed E-state index contributed by atoms with van der Waals surface area (Å²) in [5.74, 6) is 1.75. The molecule has 0 amide bonds. The van der Waals surface area contributed by atoms with Gasteiger partial charge in [-0.05, 0) is 31.2 Å². The predicted octanol–water partition coefficient (Wildman–Crippen LogP) is 1.55. The summed E-state index contributed by atoms with van der Waals surface area (Å²) in [6, 6.07) is 0. The quantitative estimate of drug-likeness (QED) is 0.785. The van der Waals surface area contributed by atoms with Crippen LogP contribution in [0, 0.1) is 0 Å². The van der Waals surface area contributed by atoms with E-state index < -0.39 is 0 Å². The van der Waals surface area contributed by atoms with E-state index in [2.05, 4.69) is 38.2 Å². The molecule has 3 aromatic heterocycles. The number of rotatable bonds is 3. The molecule has 126 valence electrons. The van der Waals surface area contributed by atoms with E-state index in [4.69, 9.17) is 5.73 Å². The van der Waals surface area contributed by atoms with Crippen molar-refractivity contribution in [3.8, 4) is 0 Å². The lowest BCUT2D eigenvalue weighted by Gasteiger charge is -2.31. The van der Waals surface area contributed by atoms with Gasteiger partial charge in [0.15, 0.2) is 5.65 Å². The summed E-state index contributed by atoms with van der Waals surface area (Å²) in [6.07, 6.45) is 8.02. The molecule has 0 bridgehead atoms. The van der Waals surface area contributed by atoms with Crippen molar-refractivity contribution in [3.63, 3.8) is 0 Å². The standard InChI is InChI=1S/C16H22N8/c1-3-24-10-12(8-19-24)11-4-6-23(7-5-11)16-20-14(17)13-9-18-22(2)15(13)21-16/h8-11H,3-7H2,1-2H3,(H2,17,20,21). The SMILES string of the molecule is CCn1cc(C2CCN(c3nc(N)c4cnn(C)c4n3)CC2)cn1. The Morgan fingerprint density at radius 3 is 2.67 bits per heavy atom. The molecule has 0 spiro atoms. The lowest BCUT2D eigenvalue weighted by Crippen LogP contribution is -2.34. The number of anilines is 2. The van der Waals surface area contributed by atoms with Crippen molar-refractivity contribution in [2.24, 2.45) is 7.05 Å². The summed E-state index contributed by atoms with van der Waals surface area (Å²) >= 11 is 0. The smallest absolute Gasteiger partial charge is 0.229 e. The number of nitrogen functional groups attached to an aromatic ring is 1. The van der Waals surface area contributed by atoms with Crippen LogP contribution in [0.25, 0.3) is 11.0 Å². The molecule has 0 saturated carbocycles. The summed E-state index contributed by atoms with van der Waals surface area (Å²) in [4.78, 5) is 11.3. The molecule has 1 saturated heterocycles. The topological polar surface area (TPSA) is 90.7 Å². The summed E-state index contributed by atoms with van der Waals surface area (Å²) < 4.78 is 3.73. The maximum absolute atomic E-state index is 6.07. The Labute approximate surface area is 140 Å². The van der Waals surface area contributed by atoms with Gasteiger partial charge in [-0.1, -0.05) is 0 Å². The summed E-state index contributed by atoms with van der Waals surface area (Å²) in [5.41, 5.74) is 8.19. The van der Waals surface area contributed by atoms with Crippen LogP contribution in [-0.2, 0) is 13.6 Å². The number of nitrogens with two attached hydrogens (primary N) is 1. The van der Waals surface area contributed by atoms with Crippen molar-refractivity contribution in [3.05, 3.63) is 24.2 Å². The van der Waals surface area contributed by atoms with Gasteiger partial charge in [0.1, 0.15) is 5.82 Å². The van der Waals surface area contributed by atoms with E-state index in [9.17, 15) is 0 Å². The first-order valence-electron chi connectivity index (χ1n) is 8.38. The van der Waals surface area contributed by atoms with E-state index in [0.717, 1.165) is 43.5 Å². The fourth-order valence-corrected chi connectivity index (χ4v) is 3.35. The van der Waals surface area contributed by atoms with Crippen LogP contribution in [0.1, 0.15) is 31.2 Å². The molecule has 0 radical (unpaired) electrons. The van der Waals surface area contributed by atoms with Crippen molar-refractivity contribution >= 4 is 22.8 Å². The predicted molar refractivity (Wildman–Crippen MR) is 92.8 cm³/mol. The van der Waals surface area contributed by atoms with E-state index >= 15 is 0 Å². The van der Waals surface area contributed by atoms with Gasteiger partial charge in [0.2, 0.25) is 5.95 Å². The van der Waals surface area contributed by atoms with Crippen molar-refractivity contribution in [2.45, 2.75) is 32.2 Å². The Bertz CT molecular complexity index is 856. The molecule has 1 aliphatic heterocycles. The molecule has 24 heavy (non-hydrogen) atoms. The normalized spacial score (nSPS) is 16.2. The first-order valence-corrected chi connectivity index (χ1v) is 8.38. The highest BCUT2D eigenvalue weighted by Gasteiger charge is 2.24. The molecule has 3 aromatic rings. The van der Waals surface area contributed by atoms with Gasteiger partial charge < -0.3 is 10.6 Å². The minimum atomic E-state index is 0.495. The molecule has 2 N–H and O–H groups in total. The summed E-state index contributed by atoms with van der Waals surface area (Å²) in [5, 5.41) is 9.41. The van der Waals surface area contributed by atoms with Gasteiger partial charge in [-0.3, -0.25) is 9.36 Å². The first-order chi connectivity index (χ1) is 11.7. The number of nitrogens with zero attached hydrogens (tertiary/aromatic N) is 7. The molecule has 4 rings (SSSR count). The van der Waals surface area contributed by atoms with Crippen LogP contribution in [0.2, 0.25) is 0 Å². The van der Waals surface area contributed by atoms with Crippen LogP contribution in [0.3, 0.4) is 0 Å². The van der Waals surface area contributed by atoms with Crippen molar-refractivity contribution in [1.29, 1.82) is 0 Å². The third-order valence-electron chi connectivity index (χ3n) is 4.84. The van der Waals surface area contributed by atoms with Gasteiger partial charge in [0, 0.05) is 32.9 Å². The maximum atomic E-state index is 6.07. The van der Waals surface area contributed by atoms with Crippen LogP contribution in [0.4, 0.5) is 11.8 Å². The Morgan fingerprint density at radius 1 is 1.17 bits per heavy atom. The highest BCUT2D eigenvalue weighted by atomic mass is 15.3. The number of aryl methyl sites for hydroxylation is 2. The van der Waals surface area contributed by atoms with Crippen LogP contribution in [0.15, 0.2) is 18.6 Å². The fraction of sp³-hybridized carbons (Fsp3) is 0.500. The third-order valence-corrected chi connectivity index (χ3v) is 4.84. The van der Waals surface area contributed by atoms with E-state index in [-0.39, 0.29) is 0 Å². The second-order valence-electron chi connectivity index (χ2n) is 6.30. The van der Waals surface area contributed by atoms with E-state index in [0.29, 0.717) is 17.7 Å². The number of hydrogen-bond donors (Lipinski definition) is 1. The Balaban J connectivity index is 1.52. The molecule has 8 nitrogen and oxygen atoms in total. The average Bonchev–Trinajstić information content (AvgIpc) is 3.23. The summed E-state index contributed by atoms with van der Waals surface area (Å²) in [6.45, 7) is 4.86. The molecule has 0 aliphatic carbocycles. The molecule has 0 aromatic carbocycles.